The van der Waals surface area contributed by atoms with Gasteiger partial charge in [0.05, 0.1) is 12.7 Å². The molecule has 3 fully saturated rings. The van der Waals surface area contributed by atoms with Gasteiger partial charge >= 0.3 is 5.97 Å². The average molecular weight is 597 g/mol. The summed E-state index contributed by atoms with van der Waals surface area (Å²) in [7, 11) is 0. The molecule has 1 aliphatic heterocycles. The van der Waals surface area contributed by atoms with Crippen LogP contribution in [-0.2, 0) is 24.2 Å². The van der Waals surface area contributed by atoms with Gasteiger partial charge in [0.2, 0.25) is 0 Å². The fourth-order valence-corrected chi connectivity index (χ4v) is 8.80. The summed E-state index contributed by atoms with van der Waals surface area (Å²) >= 11 is 0. The molecule has 3 atom stereocenters. The Labute approximate surface area is 264 Å². The minimum Gasteiger partial charge on any atom is -0.480 e. The van der Waals surface area contributed by atoms with E-state index in [2.05, 4.69) is 88.3 Å². The Hall–Kier alpha value is -2.96. The predicted molar refractivity (Wildman–Crippen MR) is 177 cm³/mol. The highest BCUT2D eigenvalue weighted by Crippen LogP contribution is 2.44. The first-order valence-corrected chi connectivity index (χ1v) is 17.4. The molecule has 1 aromatic heterocycles. The predicted octanol–water partition coefficient (Wildman–Crippen LogP) is 7.15. The molecule has 6 heteroatoms. The Balaban J connectivity index is 1.12. The third-order valence-corrected chi connectivity index (χ3v) is 11.0. The highest BCUT2D eigenvalue weighted by atomic mass is 16.4. The lowest BCUT2D eigenvalue weighted by Crippen LogP contribution is -2.46. The highest BCUT2D eigenvalue weighted by molar-refractivity contribution is 5.69. The summed E-state index contributed by atoms with van der Waals surface area (Å²) in [6.07, 6.45) is 14.9. The molecule has 6 nitrogen and oxygen atoms in total. The van der Waals surface area contributed by atoms with Crippen molar-refractivity contribution in [2.24, 2.45) is 5.92 Å². The van der Waals surface area contributed by atoms with E-state index in [1.165, 1.54) is 54.5 Å². The minimum absolute atomic E-state index is 0.187. The molecule has 2 aromatic carbocycles. The Kier molecular flexibility index (Phi) is 10.5. The van der Waals surface area contributed by atoms with Crippen LogP contribution in [-0.4, -0.2) is 68.9 Å². The topological polar surface area (TPSA) is 61.6 Å². The number of benzene rings is 2. The number of rotatable bonds is 12. The number of nitrogens with zero attached hydrogens (tertiary/aromatic N) is 4. The molecule has 44 heavy (non-hydrogen) atoms. The van der Waals surface area contributed by atoms with Crippen molar-refractivity contribution >= 4 is 5.97 Å². The summed E-state index contributed by atoms with van der Waals surface area (Å²) in [5.74, 6) is 0.941. The molecule has 3 unspecified atom stereocenters. The molecular formula is C38H52N4O2. The Morgan fingerprint density at radius 1 is 0.886 bits per heavy atom. The first kappa shape index (κ1) is 31.0. The normalized spacial score (nSPS) is 23.8. The average Bonchev–Trinajstić information content (AvgIpc) is 3.68. The van der Waals surface area contributed by atoms with Gasteiger partial charge in [0, 0.05) is 36.8 Å². The molecule has 3 aromatic rings. The quantitative estimate of drug-likeness (QED) is 0.241. The van der Waals surface area contributed by atoms with Crippen molar-refractivity contribution in [1.29, 1.82) is 0 Å². The zero-order chi connectivity index (χ0) is 30.3. The maximum atomic E-state index is 12.0. The fourth-order valence-electron chi connectivity index (χ4n) is 8.80. The third-order valence-electron chi connectivity index (χ3n) is 11.0. The Morgan fingerprint density at radius 2 is 1.59 bits per heavy atom. The van der Waals surface area contributed by atoms with E-state index in [0.717, 1.165) is 64.7 Å². The number of likely N-dealkylation sites (tertiary alicyclic amines) is 1. The van der Waals surface area contributed by atoms with Gasteiger partial charge in [-0.15, -0.1) is 0 Å². The van der Waals surface area contributed by atoms with Gasteiger partial charge in [-0.3, -0.25) is 14.4 Å². The standard InChI is InChI=1S/C38H52N4O2/c1-2-42-38(32(26-39-42)19-18-29-12-6-3-7-13-29)31-20-22-40(23-21-31)27-33-24-35(25-36(33)30-14-8-4-9-15-30)41(28-37(43)44)34-16-10-5-11-17-34/h3-4,6-9,12-15,26,31,33-36H,2,5,10-11,16-25,27-28H2,1H3,(H,43,44). The maximum Gasteiger partial charge on any atom is 0.317 e. The lowest BCUT2D eigenvalue weighted by atomic mass is 9.86. The van der Waals surface area contributed by atoms with Crippen molar-refractivity contribution < 1.29 is 9.90 Å². The van der Waals surface area contributed by atoms with E-state index < -0.39 is 5.97 Å². The molecule has 2 heterocycles. The Morgan fingerprint density at radius 3 is 2.27 bits per heavy atom. The number of piperidine rings is 1. The molecular weight excluding hydrogens is 544 g/mol. The van der Waals surface area contributed by atoms with Gasteiger partial charge in [0.25, 0.3) is 0 Å². The van der Waals surface area contributed by atoms with Crippen LogP contribution >= 0.6 is 0 Å². The SMILES string of the molecule is CCn1ncc(CCc2ccccc2)c1C1CCN(CC2CC(N(CC(=O)O)C3CCCCC3)CC2c2ccccc2)CC1. The van der Waals surface area contributed by atoms with Crippen molar-refractivity contribution in [1.82, 2.24) is 19.6 Å². The van der Waals surface area contributed by atoms with Crippen molar-refractivity contribution in [2.75, 3.05) is 26.2 Å². The highest BCUT2D eigenvalue weighted by Gasteiger charge is 2.41. The lowest BCUT2D eigenvalue weighted by molar-refractivity contribution is -0.140. The monoisotopic (exact) mass is 596 g/mol. The second-order valence-corrected chi connectivity index (χ2v) is 13.7. The molecule has 1 N–H and O–H groups in total. The molecule has 2 saturated carbocycles. The number of aryl methyl sites for hydroxylation is 3. The molecule has 6 rings (SSSR count). The van der Waals surface area contributed by atoms with Gasteiger partial charge in [0.15, 0.2) is 0 Å². The number of carboxylic acid groups (broad SMARTS) is 1. The summed E-state index contributed by atoms with van der Waals surface area (Å²) in [6, 6.07) is 22.7. The second kappa shape index (κ2) is 14.9. The first-order chi connectivity index (χ1) is 21.6. The summed E-state index contributed by atoms with van der Waals surface area (Å²) in [6.45, 7) is 6.70. The van der Waals surface area contributed by atoms with E-state index in [1.807, 2.05) is 0 Å². The molecule has 2 aliphatic carbocycles. The van der Waals surface area contributed by atoms with Crippen LogP contribution in [0, 0.1) is 5.92 Å². The van der Waals surface area contributed by atoms with E-state index in [0.29, 0.717) is 29.8 Å². The van der Waals surface area contributed by atoms with Crippen LogP contribution in [0.3, 0.4) is 0 Å². The van der Waals surface area contributed by atoms with E-state index in [1.54, 1.807) is 0 Å². The molecule has 3 aliphatic rings. The minimum atomic E-state index is -0.674. The summed E-state index contributed by atoms with van der Waals surface area (Å²) < 4.78 is 2.26. The van der Waals surface area contributed by atoms with Gasteiger partial charge in [-0.05, 0) is 99.9 Å². The number of hydrogen-bond acceptors (Lipinski definition) is 4. The zero-order valence-electron chi connectivity index (χ0n) is 26.7. The van der Waals surface area contributed by atoms with Gasteiger partial charge in [0.1, 0.15) is 0 Å². The van der Waals surface area contributed by atoms with Crippen molar-refractivity contribution in [3.63, 3.8) is 0 Å². The number of carboxylic acids is 1. The third kappa shape index (κ3) is 7.46. The molecule has 0 spiro atoms. The van der Waals surface area contributed by atoms with Gasteiger partial charge in [-0.1, -0.05) is 79.9 Å². The fraction of sp³-hybridized carbons (Fsp3) is 0.579. The van der Waals surface area contributed by atoms with E-state index >= 15 is 0 Å². The summed E-state index contributed by atoms with van der Waals surface area (Å²) in [5.41, 5.74) is 5.73. The van der Waals surface area contributed by atoms with Crippen LogP contribution in [0.2, 0.25) is 0 Å². The Bertz CT molecular complexity index is 1310. The molecule has 236 valence electrons. The van der Waals surface area contributed by atoms with E-state index in [9.17, 15) is 9.90 Å². The van der Waals surface area contributed by atoms with Crippen LogP contribution in [0.4, 0.5) is 0 Å². The molecule has 0 bridgehead atoms. The molecule has 0 radical (unpaired) electrons. The van der Waals surface area contributed by atoms with Crippen LogP contribution in [0.25, 0.3) is 0 Å². The van der Waals surface area contributed by atoms with Gasteiger partial charge < -0.3 is 10.0 Å². The maximum absolute atomic E-state index is 12.0. The second-order valence-electron chi connectivity index (χ2n) is 13.7. The van der Waals surface area contributed by atoms with Crippen LogP contribution in [0.5, 0.6) is 0 Å². The van der Waals surface area contributed by atoms with Crippen molar-refractivity contribution in [2.45, 2.75) is 108 Å². The summed E-state index contributed by atoms with van der Waals surface area (Å²) in [4.78, 5) is 17.1. The molecule has 1 saturated heterocycles. The van der Waals surface area contributed by atoms with E-state index in [4.69, 9.17) is 5.10 Å². The first-order valence-electron chi connectivity index (χ1n) is 17.4. The zero-order valence-corrected chi connectivity index (χ0v) is 26.7. The van der Waals surface area contributed by atoms with E-state index in [-0.39, 0.29) is 6.54 Å². The number of aromatic nitrogens is 2. The smallest absolute Gasteiger partial charge is 0.317 e. The van der Waals surface area contributed by atoms with Crippen molar-refractivity contribution in [3.8, 4) is 0 Å². The summed E-state index contributed by atoms with van der Waals surface area (Å²) in [5, 5.41) is 14.7. The van der Waals surface area contributed by atoms with Crippen LogP contribution < -0.4 is 0 Å². The lowest BCUT2D eigenvalue weighted by Gasteiger charge is -2.38. The van der Waals surface area contributed by atoms with Crippen LogP contribution in [0.1, 0.15) is 98.9 Å². The number of aliphatic carboxylic acids is 1. The number of carbonyl (C=O) groups is 1. The molecule has 0 amide bonds. The van der Waals surface area contributed by atoms with Gasteiger partial charge in [-0.2, -0.15) is 5.10 Å². The largest absolute Gasteiger partial charge is 0.480 e. The van der Waals surface area contributed by atoms with Crippen LogP contribution in [0.15, 0.2) is 66.9 Å². The van der Waals surface area contributed by atoms with Gasteiger partial charge in [-0.25, -0.2) is 0 Å². The number of hydrogen-bond donors (Lipinski definition) is 1. The van der Waals surface area contributed by atoms with Crippen molar-refractivity contribution in [3.05, 3.63) is 89.2 Å².